The maximum atomic E-state index is 9.52. The van der Waals surface area contributed by atoms with Gasteiger partial charge in [0.15, 0.2) is 0 Å². The molecule has 0 aromatic rings. The minimum absolute atomic E-state index is 0.148. The lowest BCUT2D eigenvalue weighted by Crippen LogP contribution is -2.53. The third-order valence-electron chi connectivity index (χ3n) is 3.56. The summed E-state index contributed by atoms with van der Waals surface area (Å²) in [5, 5.41) is 13.0. The summed E-state index contributed by atoms with van der Waals surface area (Å²) >= 11 is 0. The Bertz CT molecular complexity index is 177. The van der Waals surface area contributed by atoms with Crippen molar-refractivity contribution in [1.82, 2.24) is 5.32 Å². The molecule has 1 fully saturated rings. The van der Waals surface area contributed by atoms with E-state index in [4.69, 9.17) is 0 Å². The maximum Gasteiger partial charge on any atom is 0.0491 e. The van der Waals surface area contributed by atoms with Gasteiger partial charge in [-0.3, -0.25) is 0 Å². The maximum absolute atomic E-state index is 9.52. The first-order chi connectivity index (χ1) is 5.92. The molecule has 1 heterocycles. The molecule has 2 nitrogen and oxygen atoms in total. The van der Waals surface area contributed by atoms with Crippen LogP contribution in [0.2, 0.25) is 0 Å². The van der Waals surface area contributed by atoms with Crippen molar-refractivity contribution < 1.29 is 5.11 Å². The van der Waals surface area contributed by atoms with Crippen LogP contribution in [0.15, 0.2) is 0 Å². The molecule has 0 bridgehead atoms. The lowest BCUT2D eigenvalue weighted by Gasteiger charge is -2.47. The van der Waals surface area contributed by atoms with Gasteiger partial charge in [-0.1, -0.05) is 13.8 Å². The lowest BCUT2D eigenvalue weighted by molar-refractivity contribution is 0.00930. The number of nitrogens with one attached hydrogen (secondary N) is 1. The zero-order valence-corrected chi connectivity index (χ0v) is 9.35. The fraction of sp³-hybridized carbons (Fsp3) is 1.00. The third-order valence-corrected chi connectivity index (χ3v) is 3.56. The molecule has 1 aliphatic heterocycles. The van der Waals surface area contributed by atoms with Crippen molar-refractivity contribution >= 4 is 0 Å². The molecule has 13 heavy (non-hydrogen) atoms. The zero-order chi connectivity index (χ0) is 10.1. The van der Waals surface area contributed by atoms with Gasteiger partial charge < -0.3 is 10.4 Å². The van der Waals surface area contributed by atoms with Crippen LogP contribution in [0.25, 0.3) is 0 Å². The molecule has 2 heteroatoms. The largest absolute Gasteiger partial charge is 0.396 e. The van der Waals surface area contributed by atoms with Crippen LogP contribution < -0.4 is 5.32 Å². The fourth-order valence-corrected chi connectivity index (χ4v) is 2.49. The van der Waals surface area contributed by atoms with Crippen molar-refractivity contribution in [2.45, 2.75) is 46.1 Å². The number of rotatable bonds is 2. The van der Waals surface area contributed by atoms with Crippen molar-refractivity contribution in [2.24, 2.45) is 11.3 Å². The molecule has 0 saturated carbocycles. The molecule has 1 rings (SSSR count). The Morgan fingerprint density at radius 2 is 2.00 bits per heavy atom. The highest BCUT2D eigenvalue weighted by Crippen LogP contribution is 2.41. The lowest BCUT2D eigenvalue weighted by atomic mass is 9.66. The van der Waals surface area contributed by atoms with Crippen LogP contribution in [-0.2, 0) is 0 Å². The van der Waals surface area contributed by atoms with E-state index in [0.29, 0.717) is 12.5 Å². The predicted octanol–water partition coefficient (Wildman–Crippen LogP) is 1.78. The molecule has 0 spiro atoms. The molecule has 1 unspecified atom stereocenters. The van der Waals surface area contributed by atoms with Crippen LogP contribution in [0.5, 0.6) is 0 Å². The Morgan fingerprint density at radius 3 is 2.31 bits per heavy atom. The number of aliphatic hydroxyl groups is 1. The summed E-state index contributed by atoms with van der Waals surface area (Å²) in [6.07, 6.45) is 2.18. The van der Waals surface area contributed by atoms with Crippen LogP contribution in [0.4, 0.5) is 0 Å². The first kappa shape index (κ1) is 11.0. The Balaban J connectivity index is 2.76. The van der Waals surface area contributed by atoms with E-state index < -0.39 is 0 Å². The van der Waals surface area contributed by atoms with Crippen molar-refractivity contribution in [1.29, 1.82) is 0 Å². The minimum atomic E-state index is 0.148. The molecule has 1 atom stereocenters. The Hall–Kier alpha value is -0.0800. The van der Waals surface area contributed by atoms with Gasteiger partial charge in [0.1, 0.15) is 0 Å². The van der Waals surface area contributed by atoms with E-state index in [9.17, 15) is 5.11 Å². The van der Waals surface area contributed by atoms with E-state index in [1.807, 2.05) is 0 Å². The van der Waals surface area contributed by atoms with E-state index >= 15 is 0 Å². The summed E-state index contributed by atoms with van der Waals surface area (Å²) in [7, 11) is 0. The normalized spacial score (nSPS) is 33.7. The Morgan fingerprint density at radius 1 is 1.38 bits per heavy atom. The molecule has 1 aliphatic rings. The van der Waals surface area contributed by atoms with Gasteiger partial charge in [0, 0.05) is 12.1 Å². The van der Waals surface area contributed by atoms with Crippen molar-refractivity contribution in [3.05, 3.63) is 0 Å². The molecule has 78 valence electrons. The summed E-state index contributed by atoms with van der Waals surface area (Å²) in [4.78, 5) is 0. The van der Waals surface area contributed by atoms with E-state index in [-0.39, 0.29) is 11.0 Å². The second-order valence-electron chi connectivity index (χ2n) is 5.41. The summed E-state index contributed by atoms with van der Waals surface area (Å²) < 4.78 is 0. The highest BCUT2D eigenvalue weighted by atomic mass is 16.3. The molecular weight excluding hydrogens is 162 g/mol. The minimum Gasteiger partial charge on any atom is -0.396 e. The summed E-state index contributed by atoms with van der Waals surface area (Å²) in [6, 6.07) is 0. The van der Waals surface area contributed by atoms with Crippen molar-refractivity contribution in [3.8, 4) is 0 Å². The average Bonchev–Trinajstić information content (AvgIpc) is 2.02. The predicted molar refractivity (Wildman–Crippen MR) is 55.7 cm³/mol. The Labute approximate surface area is 81.7 Å². The van der Waals surface area contributed by atoms with Gasteiger partial charge >= 0.3 is 0 Å². The summed E-state index contributed by atoms with van der Waals surface area (Å²) in [6.45, 7) is 10.2. The second-order valence-corrected chi connectivity index (χ2v) is 5.41. The van der Waals surface area contributed by atoms with Crippen LogP contribution >= 0.6 is 0 Å². The summed E-state index contributed by atoms with van der Waals surface area (Å²) in [5.41, 5.74) is 0.333. The molecule has 0 aliphatic carbocycles. The number of piperidine rings is 1. The van der Waals surface area contributed by atoms with Crippen LogP contribution in [0.3, 0.4) is 0 Å². The van der Waals surface area contributed by atoms with Gasteiger partial charge in [0.05, 0.1) is 0 Å². The van der Waals surface area contributed by atoms with E-state index in [0.717, 1.165) is 19.4 Å². The standard InChI is InChI=1S/C11H23NO/c1-9(2)11(8-13)5-6-12-10(3,4)7-11/h9,12-13H,5-8H2,1-4H3. The van der Waals surface area contributed by atoms with E-state index in [2.05, 4.69) is 33.0 Å². The molecule has 0 amide bonds. The number of aliphatic hydroxyl groups excluding tert-OH is 1. The monoisotopic (exact) mass is 185 g/mol. The highest BCUT2D eigenvalue weighted by Gasteiger charge is 2.41. The average molecular weight is 185 g/mol. The third kappa shape index (κ3) is 2.23. The molecule has 1 saturated heterocycles. The van der Waals surface area contributed by atoms with Gasteiger partial charge in [-0.25, -0.2) is 0 Å². The Kier molecular flexibility index (Phi) is 3.03. The smallest absolute Gasteiger partial charge is 0.0491 e. The van der Waals surface area contributed by atoms with Gasteiger partial charge in [0.25, 0.3) is 0 Å². The number of hydrogen-bond acceptors (Lipinski definition) is 2. The fourth-order valence-electron chi connectivity index (χ4n) is 2.49. The molecule has 2 N–H and O–H groups in total. The van der Waals surface area contributed by atoms with Crippen LogP contribution in [0.1, 0.15) is 40.5 Å². The van der Waals surface area contributed by atoms with Crippen molar-refractivity contribution in [2.75, 3.05) is 13.2 Å². The first-order valence-corrected chi connectivity index (χ1v) is 5.28. The SMILES string of the molecule is CC(C)C1(CO)CCNC(C)(C)C1. The van der Waals surface area contributed by atoms with Crippen molar-refractivity contribution in [3.63, 3.8) is 0 Å². The molecule has 0 aromatic heterocycles. The molecule has 0 aromatic carbocycles. The highest BCUT2D eigenvalue weighted by molar-refractivity contribution is 4.96. The first-order valence-electron chi connectivity index (χ1n) is 5.28. The van der Waals surface area contributed by atoms with E-state index in [1.54, 1.807) is 0 Å². The van der Waals surface area contributed by atoms with E-state index in [1.165, 1.54) is 0 Å². The summed E-state index contributed by atoms with van der Waals surface area (Å²) in [5.74, 6) is 0.568. The van der Waals surface area contributed by atoms with Gasteiger partial charge in [-0.2, -0.15) is 0 Å². The molecule has 0 radical (unpaired) electrons. The van der Waals surface area contributed by atoms with Gasteiger partial charge in [-0.05, 0) is 44.6 Å². The quantitative estimate of drug-likeness (QED) is 0.687. The zero-order valence-electron chi connectivity index (χ0n) is 9.35. The van der Waals surface area contributed by atoms with Gasteiger partial charge in [-0.15, -0.1) is 0 Å². The topological polar surface area (TPSA) is 32.3 Å². The van der Waals surface area contributed by atoms with Gasteiger partial charge in [0.2, 0.25) is 0 Å². The number of hydrogen-bond donors (Lipinski definition) is 2. The second kappa shape index (κ2) is 3.58. The van der Waals surface area contributed by atoms with Crippen LogP contribution in [0, 0.1) is 11.3 Å². The van der Waals surface area contributed by atoms with Crippen LogP contribution in [-0.4, -0.2) is 23.8 Å². The molecular formula is C11H23NO.